The summed E-state index contributed by atoms with van der Waals surface area (Å²) >= 11 is 1.66. The number of rotatable bonds is 5. The number of unbranched alkanes of at least 4 members (excludes halogenated alkanes) is 1. The molecule has 0 saturated carbocycles. The summed E-state index contributed by atoms with van der Waals surface area (Å²) in [6.07, 6.45) is 9.76. The first-order chi connectivity index (χ1) is 10.7. The highest BCUT2D eigenvalue weighted by Gasteiger charge is 2.45. The number of nitrogens with zero attached hydrogens (tertiary/aromatic N) is 3. The molecular formula is C17H27N3OS. The molecule has 122 valence electrons. The van der Waals surface area contributed by atoms with Crippen LogP contribution in [0.4, 0.5) is 0 Å². The summed E-state index contributed by atoms with van der Waals surface area (Å²) in [6, 6.07) is 0. The SMILES string of the molecule is CCCCN1CCC[C@@]2(CCC(=O)N2Cc2cncs2)CC1. The monoisotopic (exact) mass is 321 g/mol. The van der Waals surface area contributed by atoms with Gasteiger partial charge in [0.2, 0.25) is 5.91 Å². The van der Waals surface area contributed by atoms with E-state index in [1.165, 1.54) is 43.6 Å². The van der Waals surface area contributed by atoms with Gasteiger partial charge in [-0.05, 0) is 45.2 Å². The standard InChI is InChI=1S/C17H27N3OS/c1-2-3-9-19-10-4-6-17(8-11-19)7-5-16(21)20(17)13-15-12-18-14-22-15/h12,14H,2-11,13H2,1H3/t17-/m1/s1. The Morgan fingerprint density at radius 2 is 2.23 bits per heavy atom. The van der Waals surface area contributed by atoms with Gasteiger partial charge in [-0.15, -0.1) is 11.3 Å². The molecular weight excluding hydrogens is 294 g/mol. The van der Waals surface area contributed by atoms with Crippen molar-refractivity contribution in [1.29, 1.82) is 0 Å². The number of carbonyl (C=O) groups excluding carboxylic acids is 1. The minimum absolute atomic E-state index is 0.113. The molecule has 3 rings (SSSR count). The van der Waals surface area contributed by atoms with Crippen LogP contribution >= 0.6 is 11.3 Å². The van der Waals surface area contributed by atoms with Gasteiger partial charge in [-0.1, -0.05) is 13.3 Å². The highest BCUT2D eigenvalue weighted by molar-refractivity contribution is 7.09. The van der Waals surface area contributed by atoms with Crippen LogP contribution in [0.3, 0.4) is 0 Å². The molecule has 0 N–H and O–H groups in total. The van der Waals surface area contributed by atoms with Gasteiger partial charge in [-0.2, -0.15) is 0 Å². The van der Waals surface area contributed by atoms with Gasteiger partial charge in [0, 0.05) is 29.6 Å². The summed E-state index contributed by atoms with van der Waals surface area (Å²) in [5, 5.41) is 0. The van der Waals surface area contributed by atoms with Crippen molar-refractivity contribution in [2.45, 2.75) is 64.0 Å². The van der Waals surface area contributed by atoms with Gasteiger partial charge in [0.05, 0.1) is 12.1 Å². The second kappa shape index (κ2) is 7.09. The van der Waals surface area contributed by atoms with E-state index in [1.807, 2.05) is 11.7 Å². The van der Waals surface area contributed by atoms with Gasteiger partial charge >= 0.3 is 0 Å². The van der Waals surface area contributed by atoms with E-state index in [0.717, 1.165) is 32.4 Å². The zero-order valence-corrected chi connectivity index (χ0v) is 14.4. The van der Waals surface area contributed by atoms with Crippen LogP contribution in [-0.2, 0) is 11.3 Å². The number of amides is 1. The van der Waals surface area contributed by atoms with Crippen LogP contribution in [0, 0.1) is 0 Å². The average Bonchev–Trinajstić information content (AvgIpc) is 3.07. The van der Waals surface area contributed by atoms with E-state index < -0.39 is 0 Å². The van der Waals surface area contributed by atoms with Crippen LogP contribution in [0.25, 0.3) is 0 Å². The lowest BCUT2D eigenvalue weighted by Gasteiger charge is -2.38. The van der Waals surface area contributed by atoms with Crippen molar-refractivity contribution in [2.24, 2.45) is 0 Å². The fourth-order valence-electron chi connectivity index (χ4n) is 3.97. The van der Waals surface area contributed by atoms with Crippen molar-refractivity contribution >= 4 is 17.2 Å². The van der Waals surface area contributed by atoms with E-state index in [1.54, 1.807) is 11.3 Å². The largest absolute Gasteiger partial charge is 0.332 e. The Labute approximate surface area is 137 Å². The highest BCUT2D eigenvalue weighted by atomic mass is 32.1. The topological polar surface area (TPSA) is 36.4 Å². The van der Waals surface area contributed by atoms with Crippen molar-refractivity contribution in [3.63, 3.8) is 0 Å². The minimum atomic E-state index is 0.113. The summed E-state index contributed by atoms with van der Waals surface area (Å²) < 4.78 is 0. The molecule has 1 aromatic heterocycles. The summed E-state index contributed by atoms with van der Waals surface area (Å²) in [5.74, 6) is 0.343. The molecule has 5 heteroatoms. The summed E-state index contributed by atoms with van der Waals surface area (Å²) in [4.78, 5) is 22.6. The minimum Gasteiger partial charge on any atom is -0.332 e. The fraction of sp³-hybridized carbons (Fsp3) is 0.765. The van der Waals surface area contributed by atoms with Crippen LogP contribution in [0.1, 0.15) is 56.7 Å². The van der Waals surface area contributed by atoms with Crippen molar-refractivity contribution in [1.82, 2.24) is 14.8 Å². The Balaban J connectivity index is 1.68. The Morgan fingerprint density at radius 3 is 3.00 bits per heavy atom. The average molecular weight is 321 g/mol. The van der Waals surface area contributed by atoms with Gasteiger partial charge in [-0.25, -0.2) is 0 Å². The van der Waals surface area contributed by atoms with E-state index in [2.05, 4.69) is 21.7 Å². The fourth-order valence-corrected chi connectivity index (χ4v) is 4.55. The molecule has 1 amide bonds. The predicted molar refractivity (Wildman–Crippen MR) is 89.8 cm³/mol. The molecule has 2 aliphatic heterocycles. The van der Waals surface area contributed by atoms with E-state index in [-0.39, 0.29) is 5.54 Å². The van der Waals surface area contributed by atoms with E-state index in [4.69, 9.17) is 0 Å². The summed E-state index contributed by atoms with van der Waals surface area (Å²) in [6.45, 7) is 6.58. The maximum atomic E-state index is 12.4. The third kappa shape index (κ3) is 3.35. The lowest BCUT2D eigenvalue weighted by molar-refractivity contribution is -0.132. The maximum Gasteiger partial charge on any atom is 0.223 e. The molecule has 0 aromatic carbocycles. The van der Waals surface area contributed by atoms with Gasteiger partial charge in [0.25, 0.3) is 0 Å². The Hall–Kier alpha value is -0.940. The second-order valence-corrected chi connectivity index (χ2v) is 7.69. The summed E-state index contributed by atoms with van der Waals surface area (Å²) in [5.41, 5.74) is 1.98. The molecule has 1 spiro atoms. The molecule has 4 nitrogen and oxygen atoms in total. The van der Waals surface area contributed by atoms with Crippen molar-refractivity contribution in [3.8, 4) is 0 Å². The number of thiazole rings is 1. The number of carbonyl (C=O) groups is 1. The molecule has 1 aromatic rings. The number of likely N-dealkylation sites (tertiary alicyclic amines) is 2. The lowest BCUT2D eigenvalue weighted by atomic mass is 9.87. The Bertz CT molecular complexity index is 490. The van der Waals surface area contributed by atoms with Gasteiger partial charge in [-0.3, -0.25) is 9.78 Å². The Morgan fingerprint density at radius 1 is 1.32 bits per heavy atom. The molecule has 2 aliphatic rings. The normalized spacial score (nSPS) is 26.8. The van der Waals surface area contributed by atoms with Crippen molar-refractivity contribution < 1.29 is 4.79 Å². The van der Waals surface area contributed by atoms with Crippen LogP contribution in [0.5, 0.6) is 0 Å². The molecule has 2 saturated heterocycles. The predicted octanol–water partition coefficient (Wildman–Crippen LogP) is 3.29. The third-order valence-corrected chi connectivity index (χ3v) is 6.08. The molecule has 3 heterocycles. The van der Waals surface area contributed by atoms with Crippen LogP contribution < -0.4 is 0 Å². The smallest absolute Gasteiger partial charge is 0.223 e. The van der Waals surface area contributed by atoms with Crippen LogP contribution in [0.15, 0.2) is 11.7 Å². The van der Waals surface area contributed by atoms with E-state index in [0.29, 0.717) is 5.91 Å². The highest BCUT2D eigenvalue weighted by Crippen LogP contribution is 2.40. The van der Waals surface area contributed by atoms with E-state index in [9.17, 15) is 4.79 Å². The van der Waals surface area contributed by atoms with Gasteiger partial charge < -0.3 is 9.80 Å². The zero-order chi connectivity index (χ0) is 15.4. The first kappa shape index (κ1) is 15.9. The maximum absolute atomic E-state index is 12.4. The van der Waals surface area contributed by atoms with Crippen molar-refractivity contribution in [3.05, 3.63) is 16.6 Å². The van der Waals surface area contributed by atoms with Gasteiger partial charge in [0.15, 0.2) is 0 Å². The molecule has 22 heavy (non-hydrogen) atoms. The van der Waals surface area contributed by atoms with Crippen molar-refractivity contribution in [2.75, 3.05) is 19.6 Å². The van der Waals surface area contributed by atoms with E-state index >= 15 is 0 Å². The number of hydrogen-bond acceptors (Lipinski definition) is 4. The third-order valence-electron chi connectivity index (χ3n) is 5.31. The molecule has 1 atom stereocenters. The zero-order valence-electron chi connectivity index (χ0n) is 13.6. The number of aromatic nitrogens is 1. The molecule has 0 aliphatic carbocycles. The van der Waals surface area contributed by atoms with Crippen LogP contribution in [-0.4, -0.2) is 45.9 Å². The second-order valence-electron chi connectivity index (χ2n) is 6.72. The van der Waals surface area contributed by atoms with Gasteiger partial charge in [0.1, 0.15) is 0 Å². The quantitative estimate of drug-likeness (QED) is 0.835. The Kier molecular flexibility index (Phi) is 5.14. The number of hydrogen-bond donors (Lipinski definition) is 0. The molecule has 2 fully saturated rings. The molecule has 0 unspecified atom stereocenters. The summed E-state index contributed by atoms with van der Waals surface area (Å²) in [7, 11) is 0. The lowest BCUT2D eigenvalue weighted by Crippen LogP contribution is -2.45. The van der Waals surface area contributed by atoms with Crippen LogP contribution in [0.2, 0.25) is 0 Å². The first-order valence-corrected chi connectivity index (χ1v) is 9.52. The first-order valence-electron chi connectivity index (χ1n) is 8.64. The molecule has 0 radical (unpaired) electrons. The molecule has 0 bridgehead atoms.